The van der Waals surface area contributed by atoms with Gasteiger partial charge in [0.15, 0.2) is 11.6 Å². The molecule has 1 N–H and O–H groups in total. The summed E-state index contributed by atoms with van der Waals surface area (Å²) in [5.74, 6) is -1.60. The highest BCUT2D eigenvalue weighted by molar-refractivity contribution is 6.21. The fraction of sp³-hybridized carbons (Fsp3) is 0.400. The monoisotopic (exact) mass is 236 g/mol. The van der Waals surface area contributed by atoms with E-state index in [9.17, 15) is 8.78 Å². The van der Waals surface area contributed by atoms with Gasteiger partial charge in [0.1, 0.15) is 5.82 Å². The van der Waals surface area contributed by atoms with E-state index >= 15 is 0 Å². The van der Waals surface area contributed by atoms with Crippen LogP contribution in [0.15, 0.2) is 12.1 Å². The molecule has 2 nitrogen and oxygen atoms in total. The first kappa shape index (κ1) is 12.2. The Morgan fingerprint density at radius 1 is 1.33 bits per heavy atom. The number of rotatable bonds is 3. The molecule has 84 valence electrons. The number of aliphatic hydroxyl groups excluding tert-OH is 1. The molecule has 15 heavy (non-hydrogen) atoms. The summed E-state index contributed by atoms with van der Waals surface area (Å²) in [6, 6.07) is 1.83. The minimum Gasteiger partial charge on any atom is -0.494 e. The minimum atomic E-state index is -0.981. The summed E-state index contributed by atoms with van der Waals surface area (Å²) in [7, 11) is 1.24. The molecule has 5 heteroatoms. The van der Waals surface area contributed by atoms with E-state index in [0.29, 0.717) is 0 Å². The zero-order chi connectivity index (χ0) is 11.6. The number of alkyl halides is 1. The summed E-state index contributed by atoms with van der Waals surface area (Å²) in [6.45, 7) is 1.40. The summed E-state index contributed by atoms with van der Waals surface area (Å²) in [4.78, 5) is 0. The number of methoxy groups -OCH3 is 1. The molecule has 2 atom stereocenters. The molecule has 1 rings (SSSR count). The van der Waals surface area contributed by atoms with Crippen LogP contribution in [0.4, 0.5) is 8.78 Å². The molecule has 0 aliphatic heterocycles. The van der Waals surface area contributed by atoms with Crippen LogP contribution in [-0.4, -0.2) is 18.3 Å². The molecule has 0 aliphatic rings. The van der Waals surface area contributed by atoms with Gasteiger partial charge >= 0.3 is 0 Å². The number of hydrogen-bond acceptors (Lipinski definition) is 2. The van der Waals surface area contributed by atoms with Crippen LogP contribution in [0.1, 0.15) is 17.9 Å². The predicted octanol–water partition coefficient (Wildman–Crippen LogP) is 2.63. The fourth-order valence-corrected chi connectivity index (χ4v) is 1.34. The maximum Gasteiger partial charge on any atom is 0.165 e. The van der Waals surface area contributed by atoms with Crippen molar-refractivity contribution < 1.29 is 18.6 Å². The molecule has 0 radical (unpaired) electrons. The third kappa shape index (κ3) is 2.58. The van der Waals surface area contributed by atoms with E-state index in [0.717, 1.165) is 12.1 Å². The summed E-state index contributed by atoms with van der Waals surface area (Å²) < 4.78 is 31.2. The first-order valence-corrected chi connectivity index (χ1v) is 4.76. The molecular formula is C10H11ClF2O2. The van der Waals surface area contributed by atoms with Crippen molar-refractivity contribution >= 4 is 11.6 Å². The van der Waals surface area contributed by atoms with Gasteiger partial charge in [-0.2, -0.15) is 0 Å². The first-order chi connectivity index (χ1) is 6.97. The second-order valence-electron chi connectivity index (χ2n) is 3.15. The normalized spacial score (nSPS) is 14.8. The van der Waals surface area contributed by atoms with E-state index in [-0.39, 0.29) is 11.3 Å². The van der Waals surface area contributed by atoms with Gasteiger partial charge < -0.3 is 9.84 Å². The largest absolute Gasteiger partial charge is 0.494 e. The van der Waals surface area contributed by atoms with E-state index in [1.165, 1.54) is 14.0 Å². The highest BCUT2D eigenvalue weighted by Crippen LogP contribution is 2.30. The molecule has 0 spiro atoms. The lowest BCUT2D eigenvalue weighted by molar-refractivity contribution is 0.188. The average Bonchev–Trinajstić information content (AvgIpc) is 2.19. The van der Waals surface area contributed by atoms with Crippen LogP contribution in [0.3, 0.4) is 0 Å². The number of halogens is 3. The Labute approximate surface area is 91.4 Å². The van der Waals surface area contributed by atoms with E-state index in [2.05, 4.69) is 4.74 Å². The van der Waals surface area contributed by atoms with Gasteiger partial charge in [0, 0.05) is 11.6 Å². The third-order valence-corrected chi connectivity index (χ3v) is 2.59. The van der Waals surface area contributed by atoms with Gasteiger partial charge in [-0.25, -0.2) is 8.78 Å². The van der Waals surface area contributed by atoms with Crippen LogP contribution >= 0.6 is 11.6 Å². The SMILES string of the molecule is COc1cc(F)c(C(Cl)C(C)O)cc1F. The molecule has 0 heterocycles. The smallest absolute Gasteiger partial charge is 0.165 e. The van der Waals surface area contributed by atoms with Crippen LogP contribution in [0, 0.1) is 11.6 Å². The maximum atomic E-state index is 13.4. The van der Waals surface area contributed by atoms with Gasteiger partial charge in [0.05, 0.1) is 18.6 Å². The van der Waals surface area contributed by atoms with Crippen LogP contribution in [0.2, 0.25) is 0 Å². The Morgan fingerprint density at radius 2 is 1.93 bits per heavy atom. The summed E-state index contributed by atoms with van der Waals surface area (Å²) in [5.41, 5.74) is -0.0787. The van der Waals surface area contributed by atoms with Gasteiger partial charge in [0.2, 0.25) is 0 Å². The van der Waals surface area contributed by atoms with Crippen LogP contribution in [0.25, 0.3) is 0 Å². The van der Waals surface area contributed by atoms with Gasteiger partial charge in [-0.05, 0) is 13.0 Å². The van der Waals surface area contributed by atoms with Crippen LogP contribution < -0.4 is 4.74 Å². The standard InChI is InChI=1S/C10H11ClF2O2/c1-5(14)10(11)6-3-8(13)9(15-2)4-7(6)12/h3-5,10,14H,1-2H3. The number of hydrogen-bond donors (Lipinski definition) is 1. The van der Waals surface area contributed by atoms with Crippen molar-refractivity contribution in [1.29, 1.82) is 0 Å². The number of benzene rings is 1. The second-order valence-corrected chi connectivity index (χ2v) is 3.62. The minimum absolute atomic E-state index is 0.0787. The quantitative estimate of drug-likeness (QED) is 0.818. The first-order valence-electron chi connectivity index (χ1n) is 4.32. The van der Waals surface area contributed by atoms with Crippen LogP contribution in [0.5, 0.6) is 5.75 Å². The molecule has 0 aliphatic carbocycles. The molecule has 1 aromatic rings. The molecule has 2 unspecified atom stereocenters. The van der Waals surface area contributed by atoms with Crippen molar-refractivity contribution in [3.8, 4) is 5.75 Å². The molecule has 0 aromatic heterocycles. The van der Waals surface area contributed by atoms with Gasteiger partial charge in [0.25, 0.3) is 0 Å². The highest BCUT2D eigenvalue weighted by Gasteiger charge is 2.20. The van der Waals surface area contributed by atoms with Crippen LogP contribution in [-0.2, 0) is 0 Å². The lowest BCUT2D eigenvalue weighted by Gasteiger charge is -2.14. The fourth-order valence-electron chi connectivity index (χ4n) is 1.17. The average molecular weight is 237 g/mol. The lowest BCUT2D eigenvalue weighted by Crippen LogP contribution is -2.11. The highest BCUT2D eigenvalue weighted by atomic mass is 35.5. The van der Waals surface area contributed by atoms with Crippen molar-refractivity contribution in [1.82, 2.24) is 0 Å². The summed E-state index contributed by atoms with van der Waals surface area (Å²) in [5, 5.41) is 8.18. The van der Waals surface area contributed by atoms with E-state index in [1.54, 1.807) is 0 Å². The molecule has 0 saturated heterocycles. The summed E-state index contributed by atoms with van der Waals surface area (Å²) in [6.07, 6.45) is -0.964. The second kappa shape index (κ2) is 4.77. The van der Waals surface area contributed by atoms with Gasteiger partial charge in [-0.1, -0.05) is 0 Å². The predicted molar refractivity (Wildman–Crippen MR) is 53.2 cm³/mol. The van der Waals surface area contributed by atoms with E-state index in [4.69, 9.17) is 16.7 Å². The molecular weight excluding hydrogens is 226 g/mol. The van der Waals surface area contributed by atoms with Crippen molar-refractivity contribution in [3.63, 3.8) is 0 Å². The molecule has 0 bridgehead atoms. The lowest BCUT2D eigenvalue weighted by atomic mass is 10.1. The Morgan fingerprint density at radius 3 is 2.40 bits per heavy atom. The molecule has 1 aromatic carbocycles. The zero-order valence-electron chi connectivity index (χ0n) is 8.30. The summed E-state index contributed by atoms with van der Waals surface area (Å²) >= 11 is 5.72. The Balaban J connectivity index is 3.15. The third-order valence-electron chi connectivity index (χ3n) is 1.99. The molecule has 0 fully saturated rings. The van der Waals surface area contributed by atoms with Crippen molar-refractivity contribution in [3.05, 3.63) is 29.3 Å². The van der Waals surface area contributed by atoms with Crippen molar-refractivity contribution in [2.75, 3.05) is 7.11 Å². The topological polar surface area (TPSA) is 29.5 Å². The van der Waals surface area contributed by atoms with Gasteiger partial charge in [-0.15, -0.1) is 11.6 Å². The van der Waals surface area contributed by atoms with E-state index in [1.807, 2.05) is 0 Å². The Bertz CT molecular complexity index is 356. The van der Waals surface area contributed by atoms with E-state index < -0.39 is 23.1 Å². The Hall–Kier alpha value is -0.870. The van der Waals surface area contributed by atoms with Crippen molar-refractivity contribution in [2.24, 2.45) is 0 Å². The zero-order valence-corrected chi connectivity index (χ0v) is 9.05. The van der Waals surface area contributed by atoms with Gasteiger partial charge in [-0.3, -0.25) is 0 Å². The molecule has 0 saturated carbocycles. The Kier molecular flexibility index (Phi) is 3.88. The van der Waals surface area contributed by atoms with Crippen molar-refractivity contribution in [2.45, 2.75) is 18.4 Å². The number of ether oxygens (including phenoxy) is 1. The molecule has 0 amide bonds. The number of aliphatic hydroxyl groups is 1. The maximum absolute atomic E-state index is 13.4.